The van der Waals surface area contributed by atoms with Gasteiger partial charge in [0.15, 0.2) is 6.61 Å². The number of rotatable bonds is 5. The van der Waals surface area contributed by atoms with Gasteiger partial charge in [0.1, 0.15) is 5.75 Å². The molecule has 2 aromatic rings. The summed E-state index contributed by atoms with van der Waals surface area (Å²) in [7, 11) is 0. The highest BCUT2D eigenvalue weighted by Crippen LogP contribution is 2.16. The van der Waals surface area contributed by atoms with E-state index in [1.165, 1.54) is 0 Å². The Bertz CT molecular complexity index is 662. The largest absolute Gasteiger partial charge is 0.484 e. The predicted octanol–water partition coefficient (Wildman–Crippen LogP) is 3.47. The van der Waals surface area contributed by atoms with E-state index in [2.05, 4.69) is 33.1 Å². The van der Waals surface area contributed by atoms with Crippen molar-refractivity contribution in [1.82, 2.24) is 5.43 Å². The quantitative estimate of drug-likeness (QED) is 0.463. The van der Waals surface area contributed by atoms with Crippen LogP contribution in [0.4, 0.5) is 0 Å². The fourth-order valence-corrected chi connectivity index (χ4v) is 2.20. The van der Waals surface area contributed by atoms with Crippen molar-refractivity contribution in [3.63, 3.8) is 0 Å². The van der Waals surface area contributed by atoms with Gasteiger partial charge < -0.3 is 4.74 Å². The van der Waals surface area contributed by atoms with E-state index in [4.69, 9.17) is 16.3 Å². The molecule has 108 valence electrons. The molecule has 0 aliphatic heterocycles. The van der Waals surface area contributed by atoms with Crippen molar-refractivity contribution in [3.8, 4) is 5.75 Å². The van der Waals surface area contributed by atoms with Crippen LogP contribution in [0.2, 0.25) is 5.02 Å². The normalized spacial score (nSPS) is 10.6. The van der Waals surface area contributed by atoms with E-state index in [9.17, 15) is 4.79 Å². The lowest BCUT2D eigenvalue weighted by Gasteiger charge is -2.05. The van der Waals surface area contributed by atoms with Gasteiger partial charge in [0.2, 0.25) is 0 Å². The standard InChI is InChI=1S/C15H12ClIN2O2/c16-12-5-3-6-13(8-12)21-10-15(20)19-18-9-11-4-1-2-7-14(11)17/h1-9H,10H2,(H,19,20)/b18-9+. The van der Waals surface area contributed by atoms with E-state index in [0.29, 0.717) is 10.8 Å². The van der Waals surface area contributed by atoms with E-state index in [0.717, 1.165) is 9.13 Å². The third-order valence-corrected chi connectivity index (χ3v) is 3.68. The molecule has 0 radical (unpaired) electrons. The Kier molecular flexibility index (Phi) is 6.01. The molecule has 4 nitrogen and oxygen atoms in total. The Hall–Kier alpha value is -1.60. The maximum absolute atomic E-state index is 11.6. The Balaban J connectivity index is 1.81. The van der Waals surface area contributed by atoms with Crippen LogP contribution in [0, 0.1) is 3.57 Å². The van der Waals surface area contributed by atoms with E-state index in [1.807, 2.05) is 24.3 Å². The van der Waals surface area contributed by atoms with Gasteiger partial charge in [-0.15, -0.1) is 0 Å². The first kappa shape index (κ1) is 15.8. The Morgan fingerprint density at radius 3 is 2.86 bits per heavy atom. The molecule has 0 aliphatic rings. The molecule has 0 saturated heterocycles. The lowest BCUT2D eigenvalue weighted by Crippen LogP contribution is -2.24. The number of carbonyl (C=O) groups excluding carboxylic acids is 1. The molecule has 1 amide bonds. The molecule has 2 aromatic carbocycles. The van der Waals surface area contributed by atoms with E-state index in [1.54, 1.807) is 30.5 Å². The summed E-state index contributed by atoms with van der Waals surface area (Å²) in [5.41, 5.74) is 3.35. The summed E-state index contributed by atoms with van der Waals surface area (Å²) in [6, 6.07) is 14.6. The number of benzene rings is 2. The van der Waals surface area contributed by atoms with Crippen LogP contribution in [0.25, 0.3) is 0 Å². The molecule has 6 heteroatoms. The highest BCUT2D eigenvalue weighted by atomic mass is 127. The lowest BCUT2D eigenvalue weighted by atomic mass is 10.2. The number of hydrogen-bond donors (Lipinski definition) is 1. The molecule has 0 saturated carbocycles. The first-order chi connectivity index (χ1) is 10.1. The van der Waals surface area contributed by atoms with Gasteiger partial charge in [-0.25, -0.2) is 5.43 Å². The minimum Gasteiger partial charge on any atom is -0.484 e. The number of hydrazone groups is 1. The molecule has 0 aliphatic carbocycles. The number of ether oxygens (including phenoxy) is 1. The van der Waals surface area contributed by atoms with Crippen molar-refractivity contribution in [1.29, 1.82) is 0 Å². The van der Waals surface area contributed by atoms with Crippen molar-refractivity contribution in [2.75, 3.05) is 6.61 Å². The van der Waals surface area contributed by atoms with Crippen molar-refractivity contribution in [2.24, 2.45) is 5.10 Å². The van der Waals surface area contributed by atoms with Crippen LogP contribution in [0.15, 0.2) is 53.6 Å². The van der Waals surface area contributed by atoms with Crippen LogP contribution in [-0.4, -0.2) is 18.7 Å². The van der Waals surface area contributed by atoms with Gasteiger partial charge in [-0.05, 0) is 46.9 Å². The van der Waals surface area contributed by atoms with Crippen molar-refractivity contribution >= 4 is 46.3 Å². The van der Waals surface area contributed by atoms with Crippen LogP contribution in [0.1, 0.15) is 5.56 Å². The summed E-state index contributed by atoms with van der Waals surface area (Å²) in [4.78, 5) is 11.6. The maximum Gasteiger partial charge on any atom is 0.277 e. The average Bonchev–Trinajstić information content (AvgIpc) is 2.47. The summed E-state index contributed by atoms with van der Waals surface area (Å²) in [5, 5.41) is 4.46. The number of nitrogens with one attached hydrogen (secondary N) is 1. The number of carbonyl (C=O) groups is 1. The van der Waals surface area contributed by atoms with Gasteiger partial charge in [0.25, 0.3) is 5.91 Å². The third kappa shape index (κ3) is 5.35. The number of hydrogen-bond acceptors (Lipinski definition) is 3. The van der Waals surface area contributed by atoms with Gasteiger partial charge in [-0.1, -0.05) is 35.9 Å². The summed E-state index contributed by atoms with van der Waals surface area (Å²) >= 11 is 8.03. The minimum atomic E-state index is -0.336. The average molecular weight is 415 g/mol. The molecule has 2 rings (SSSR count). The van der Waals surface area contributed by atoms with E-state index < -0.39 is 0 Å². The summed E-state index contributed by atoms with van der Waals surface area (Å²) in [6.07, 6.45) is 1.60. The summed E-state index contributed by atoms with van der Waals surface area (Å²) in [6.45, 7) is -0.121. The van der Waals surface area contributed by atoms with E-state index >= 15 is 0 Å². The first-order valence-electron chi connectivity index (χ1n) is 6.10. The van der Waals surface area contributed by atoms with Crippen LogP contribution in [-0.2, 0) is 4.79 Å². The zero-order valence-electron chi connectivity index (χ0n) is 10.9. The predicted molar refractivity (Wildman–Crippen MR) is 91.8 cm³/mol. The summed E-state index contributed by atoms with van der Waals surface area (Å²) in [5.74, 6) is 0.205. The van der Waals surface area contributed by atoms with Gasteiger partial charge in [0, 0.05) is 14.2 Å². The lowest BCUT2D eigenvalue weighted by molar-refractivity contribution is -0.123. The second-order valence-electron chi connectivity index (χ2n) is 4.06. The number of nitrogens with zero attached hydrogens (tertiary/aromatic N) is 1. The third-order valence-electron chi connectivity index (χ3n) is 2.46. The molecule has 0 atom stereocenters. The molecule has 21 heavy (non-hydrogen) atoms. The van der Waals surface area contributed by atoms with Crippen LogP contribution < -0.4 is 10.2 Å². The molecule has 0 heterocycles. The van der Waals surface area contributed by atoms with Crippen molar-refractivity contribution in [3.05, 3.63) is 62.7 Å². The maximum atomic E-state index is 11.6. The number of amides is 1. The molecule has 0 bridgehead atoms. The Labute approximate surface area is 141 Å². The van der Waals surface area contributed by atoms with Gasteiger partial charge in [0.05, 0.1) is 6.21 Å². The second kappa shape index (κ2) is 7.99. The van der Waals surface area contributed by atoms with Crippen molar-refractivity contribution < 1.29 is 9.53 Å². The molecule has 0 aromatic heterocycles. The SMILES string of the molecule is O=C(COc1cccc(Cl)c1)N/N=C/c1ccccc1I. The zero-order valence-corrected chi connectivity index (χ0v) is 13.8. The van der Waals surface area contributed by atoms with Gasteiger partial charge in [-0.2, -0.15) is 5.10 Å². The molecule has 0 spiro atoms. The minimum absolute atomic E-state index is 0.121. The van der Waals surface area contributed by atoms with E-state index in [-0.39, 0.29) is 12.5 Å². The second-order valence-corrected chi connectivity index (χ2v) is 5.66. The smallest absolute Gasteiger partial charge is 0.277 e. The highest BCUT2D eigenvalue weighted by Gasteiger charge is 2.02. The zero-order chi connectivity index (χ0) is 15.1. The Morgan fingerprint density at radius 2 is 2.10 bits per heavy atom. The Morgan fingerprint density at radius 1 is 1.29 bits per heavy atom. The molecular weight excluding hydrogens is 403 g/mol. The van der Waals surface area contributed by atoms with Crippen LogP contribution >= 0.6 is 34.2 Å². The first-order valence-corrected chi connectivity index (χ1v) is 7.55. The van der Waals surface area contributed by atoms with Crippen LogP contribution in [0.3, 0.4) is 0 Å². The fourth-order valence-electron chi connectivity index (χ4n) is 1.49. The molecule has 1 N–H and O–H groups in total. The molecule has 0 fully saturated rings. The molecular formula is C15H12ClIN2O2. The van der Waals surface area contributed by atoms with Gasteiger partial charge >= 0.3 is 0 Å². The highest BCUT2D eigenvalue weighted by molar-refractivity contribution is 14.1. The topological polar surface area (TPSA) is 50.7 Å². The molecule has 0 unspecified atom stereocenters. The monoisotopic (exact) mass is 414 g/mol. The summed E-state index contributed by atoms with van der Waals surface area (Å²) < 4.78 is 6.36. The van der Waals surface area contributed by atoms with Crippen molar-refractivity contribution in [2.45, 2.75) is 0 Å². The van der Waals surface area contributed by atoms with Crippen LogP contribution in [0.5, 0.6) is 5.75 Å². The fraction of sp³-hybridized carbons (Fsp3) is 0.0667. The van der Waals surface area contributed by atoms with Gasteiger partial charge in [-0.3, -0.25) is 4.79 Å². The number of halogens is 2.